The van der Waals surface area contributed by atoms with Gasteiger partial charge in [-0.05, 0) is 74.0 Å². The number of nitriles is 1. The lowest BCUT2D eigenvalue weighted by Crippen LogP contribution is -2.55. The molecule has 168 valence electrons. The third-order valence-electron chi connectivity index (χ3n) is 7.78. The van der Waals surface area contributed by atoms with E-state index in [1.807, 2.05) is 31.6 Å². The monoisotopic (exact) mass is 439 g/mol. The summed E-state index contributed by atoms with van der Waals surface area (Å²) in [6.45, 7) is 0. The Morgan fingerprint density at radius 3 is 2.30 bits per heavy atom. The van der Waals surface area contributed by atoms with Crippen molar-refractivity contribution in [1.29, 1.82) is 5.26 Å². The maximum absolute atomic E-state index is 9.80. The van der Waals surface area contributed by atoms with Crippen LogP contribution in [0.25, 0.3) is 11.1 Å². The maximum atomic E-state index is 9.80. The van der Waals surface area contributed by atoms with Crippen molar-refractivity contribution in [2.24, 2.45) is 24.8 Å². The molecule has 4 aliphatic rings. The molecule has 0 radical (unpaired) electrons. The van der Waals surface area contributed by atoms with Crippen molar-refractivity contribution in [1.82, 2.24) is 14.8 Å². The third kappa shape index (κ3) is 3.70. The zero-order chi connectivity index (χ0) is 22.6. The first kappa shape index (κ1) is 20.1. The molecule has 4 N–H and O–H groups in total. The summed E-state index contributed by atoms with van der Waals surface area (Å²) < 4.78 is 1.79. The number of anilines is 4. The van der Waals surface area contributed by atoms with Crippen LogP contribution in [0.1, 0.15) is 44.1 Å². The topological polar surface area (TPSA) is 105 Å². The van der Waals surface area contributed by atoms with Gasteiger partial charge in [0.1, 0.15) is 23.3 Å². The Morgan fingerprint density at radius 2 is 1.73 bits per heavy atom. The molecule has 4 fully saturated rings. The number of nitrogen functional groups attached to an aromatic ring is 1. The summed E-state index contributed by atoms with van der Waals surface area (Å²) in [4.78, 5) is 4.82. The van der Waals surface area contributed by atoms with Crippen LogP contribution in [0.3, 0.4) is 0 Å². The first-order valence-corrected chi connectivity index (χ1v) is 11.8. The van der Waals surface area contributed by atoms with Crippen molar-refractivity contribution in [3.63, 3.8) is 0 Å². The number of aromatic nitrogens is 3. The number of nitrogens with two attached hydrogens (primary N) is 1. The third-order valence-corrected chi connectivity index (χ3v) is 7.78. The summed E-state index contributed by atoms with van der Waals surface area (Å²) in [5.74, 6) is 3.70. The normalized spacial score (nSPS) is 27.3. The van der Waals surface area contributed by atoms with E-state index in [0.29, 0.717) is 22.9 Å². The second kappa shape index (κ2) is 7.51. The van der Waals surface area contributed by atoms with Gasteiger partial charge in [0.05, 0.1) is 11.9 Å². The smallest absolute Gasteiger partial charge is 0.148 e. The number of hydrogen-bond acceptors (Lipinski definition) is 6. The second-order valence-corrected chi connectivity index (χ2v) is 10.4. The molecule has 4 saturated carbocycles. The highest BCUT2D eigenvalue weighted by Crippen LogP contribution is 2.56. The van der Waals surface area contributed by atoms with Gasteiger partial charge in [0.15, 0.2) is 0 Å². The van der Waals surface area contributed by atoms with Gasteiger partial charge >= 0.3 is 0 Å². The molecule has 0 aliphatic heterocycles. The van der Waals surface area contributed by atoms with Gasteiger partial charge < -0.3 is 16.4 Å². The fourth-order valence-corrected chi connectivity index (χ4v) is 6.82. The summed E-state index contributed by atoms with van der Waals surface area (Å²) >= 11 is 0. The molecule has 0 spiro atoms. The van der Waals surface area contributed by atoms with Gasteiger partial charge in [0.2, 0.25) is 0 Å². The highest BCUT2D eigenvalue weighted by atomic mass is 15.2. The molecule has 3 aromatic rings. The first-order valence-electron chi connectivity index (χ1n) is 11.8. The van der Waals surface area contributed by atoms with E-state index in [9.17, 15) is 5.26 Å². The van der Waals surface area contributed by atoms with E-state index < -0.39 is 0 Å². The summed E-state index contributed by atoms with van der Waals surface area (Å²) in [5, 5.41) is 21.1. The summed E-state index contributed by atoms with van der Waals surface area (Å²) in [6.07, 6.45) is 11.5. The van der Waals surface area contributed by atoms with Crippen LogP contribution in [0.2, 0.25) is 0 Å². The number of nitrogens with zero attached hydrogens (tertiary/aromatic N) is 4. The maximum Gasteiger partial charge on any atom is 0.148 e. The van der Waals surface area contributed by atoms with E-state index in [0.717, 1.165) is 34.6 Å². The SMILES string of the molecule is Cn1cc(-c2ccc(Nc3cc(N)c(C#N)c(NC45CC6CC(CC(C6)C4)C5)n3)cc2)cn1. The molecule has 7 heteroatoms. The fourth-order valence-electron chi connectivity index (χ4n) is 6.82. The van der Waals surface area contributed by atoms with E-state index >= 15 is 0 Å². The largest absolute Gasteiger partial charge is 0.397 e. The molecule has 4 bridgehead atoms. The van der Waals surface area contributed by atoms with E-state index in [4.69, 9.17) is 10.7 Å². The molecule has 0 atom stereocenters. The molecular formula is C26H29N7. The van der Waals surface area contributed by atoms with Crippen LogP contribution >= 0.6 is 0 Å². The Kier molecular flexibility index (Phi) is 4.58. The molecule has 1 aromatic carbocycles. The zero-order valence-electron chi connectivity index (χ0n) is 18.9. The minimum absolute atomic E-state index is 0.0593. The molecule has 2 aromatic heterocycles. The first-order chi connectivity index (χ1) is 16.0. The average molecular weight is 440 g/mol. The Labute approximate surface area is 194 Å². The zero-order valence-corrected chi connectivity index (χ0v) is 18.9. The van der Waals surface area contributed by atoms with Crippen molar-refractivity contribution in [2.75, 3.05) is 16.4 Å². The minimum atomic E-state index is 0.0593. The molecule has 4 aliphatic carbocycles. The van der Waals surface area contributed by atoms with E-state index in [2.05, 4.69) is 33.9 Å². The highest BCUT2D eigenvalue weighted by Gasteiger charge is 2.51. The number of hydrogen-bond donors (Lipinski definition) is 3. The second-order valence-electron chi connectivity index (χ2n) is 10.4. The number of benzene rings is 1. The van der Waals surface area contributed by atoms with Crippen molar-refractivity contribution < 1.29 is 0 Å². The molecule has 0 unspecified atom stereocenters. The molecule has 7 rings (SSSR count). The van der Waals surface area contributed by atoms with Crippen LogP contribution in [0.15, 0.2) is 42.7 Å². The lowest BCUT2D eigenvalue weighted by molar-refractivity contribution is 0.0105. The molecule has 0 amide bonds. The lowest BCUT2D eigenvalue weighted by Gasteiger charge is -2.57. The molecule has 0 saturated heterocycles. The Morgan fingerprint density at radius 1 is 1.06 bits per heavy atom. The average Bonchev–Trinajstić information content (AvgIpc) is 3.19. The number of rotatable bonds is 5. The van der Waals surface area contributed by atoms with Gasteiger partial charge in [0.25, 0.3) is 0 Å². The number of aryl methyl sites for hydroxylation is 1. The van der Waals surface area contributed by atoms with Gasteiger partial charge in [-0.15, -0.1) is 0 Å². The van der Waals surface area contributed by atoms with E-state index in [1.54, 1.807) is 10.7 Å². The van der Waals surface area contributed by atoms with Crippen molar-refractivity contribution >= 4 is 23.0 Å². The van der Waals surface area contributed by atoms with E-state index in [1.165, 1.54) is 38.5 Å². The van der Waals surface area contributed by atoms with Gasteiger partial charge in [0, 0.05) is 36.1 Å². The van der Waals surface area contributed by atoms with Gasteiger partial charge in [-0.2, -0.15) is 10.4 Å². The number of pyridine rings is 1. The van der Waals surface area contributed by atoms with E-state index in [-0.39, 0.29) is 5.54 Å². The Balaban J connectivity index is 1.26. The Hall–Kier alpha value is -3.53. The van der Waals surface area contributed by atoms with Crippen LogP contribution in [0, 0.1) is 29.1 Å². The van der Waals surface area contributed by atoms with Crippen LogP contribution in [0.5, 0.6) is 0 Å². The summed E-state index contributed by atoms with van der Waals surface area (Å²) in [7, 11) is 1.91. The lowest BCUT2D eigenvalue weighted by atomic mass is 9.53. The van der Waals surface area contributed by atoms with Gasteiger partial charge in [-0.3, -0.25) is 4.68 Å². The molecule has 2 heterocycles. The van der Waals surface area contributed by atoms with Crippen molar-refractivity contribution in [3.8, 4) is 17.2 Å². The quantitative estimate of drug-likeness (QED) is 0.513. The number of nitrogens with one attached hydrogen (secondary N) is 2. The van der Waals surface area contributed by atoms with Crippen LogP contribution in [0.4, 0.5) is 23.0 Å². The molecule has 33 heavy (non-hydrogen) atoms. The summed E-state index contributed by atoms with van der Waals surface area (Å²) in [5.41, 5.74) is 10.4. The highest BCUT2D eigenvalue weighted by molar-refractivity contribution is 5.73. The van der Waals surface area contributed by atoms with Crippen LogP contribution in [-0.4, -0.2) is 20.3 Å². The standard InChI is InChI=1S/C26H29N7/c1-33-15-20(14-29-33)19-2-4-21(5-3-19)30-24-9-23(28)22(13-27)25(31-24)32-26-10-16-6-17(11-26)8-18(7-16)12-26/h2-5,9,14-18H,6-8,10-12H2,1H3,(H4,28,30,31,32). The predicted octanol–water partition coefficient (Wildman–Crippen LogP) is 5.06. The minimum Gasteiger partial charge on any atom is -0.397 e. The van der Waals surface area contributed by atoms with Gasteiger partial charge in [-0.25, -0.2) is 4.98 Å². The van der Waals surface area contributed by atoms with Crippen LogP contribution < -0.4 is 16.4 Å². The van der Waals surface area contributed by atoms with Crippen LogP contribution in [-0.2, 0) is 7.05 Å². The summed E-state index contributed by atoms with van der Waals surface area (Å²) in [6, 6.07) is 12.2. The Bertz CT molecular complexity index is 1200. The predicted molar refractivity (Wildman–Crippen MR) is 130 cm³/mol. The van der Waals surface area contributed by atoms with Crippen molar-refractivity contribution in [2.45, 2.75) is 44.1 Å². The van der Waals surface area contributed by atoms with Gasteiger partial charge in [-0.1, -0.05) is 12.1 Å². The molecular weight excluding hydrogens is 410 g/mol. The fraction of sp³-hybridized carbons (Fsp3) is 0.423. The van der Waals surface area contributed by atoms with Crippen molar-refractivity contribution in [3.05, 3.63) is 48.3 Å². The molecule has 7 nitrogen and oxygen atoms in total.